The zero-order valence-corrected chi connectivity index (χ0v) is 37.6. The quantitative estimate of drug-likeness (QED) is 0.0346. The lowest BCUT2D eigenvalue weighted by atomic mass is 10.1. The molecule has 1 heterocycles. The lowest BCUT2D eigenvalue weighted by Crippen LogP contribution is -2.47. The van der Waals surface area contributed by atoms with Crippen molar-refractivity contribution in [2.75, 3.05) is 92.8 Å². The number of ether oxygens (including phenoxy) is 2. The maximum absolute atomic E-state index is 12.1. The van der Waals surface area contributed by atoms with Gasteiger partial charge >= 0.3 is 11.9 Å². The summed E-state index contributed by atoms with van der Waals surface area (Å²) in [6.07, 6.45) is 38.4. The van der Waals surface area contributed by atoms with Gasteiger partial charge in [0.25, 0.3) is 0 Å². The Labute approximate surface area is 347 Å². The molecule has 0 aromatic carbocycles. The van der Waals surface area contributed by atoms with Gasteiger partial charge in [-0.05, 0) is 118 Å². The fourth-order valence-electron chi connectivity index (χ4n) is 7.50. The summed E-state index contributed by atoms with van der Waals surface area (Å²) < 4.78 is 10.8. The molecule has 1 fully saturated rings. The first kappa shape index (κ1) is 52.3. The molecule has 1 aliphatic rings. The number of carbonyl (C=O) groups excluding carboxylic acids is 2. The first-order valence-corrected chi connectivity index (χ1v) is 23.9. The van der Waals surface area contributed by atoms with Gasteiger partial charge in [-0.3, -0.25) is 9.59 Å². The average molecular weight is 789 g/mol. The highest BCUT2D eigenvalue weighted by atomic mass is 16.5. The number of rotatable bonds is 40. The summed E-state index contributed by atoms with van der Waals surface area (Å²) in [7, 11) is 4.34. The van der Waals surface area contributed by atoms with Crippen LogP contribution in [0, 0.1) is 0 Å². The van der Waals surface area contributed by atoms with Crippen LogP contribution in [0.15, 0.2) is 24.3 Å². The third kappa shape index (κ3) is 35.4. The van der Waals surface area contributed by atoms with Crippen LogP contribution < -0.4 is 0 Å². The van der Waals surface area contributed by atoms with Crippen LogP contribution in [0.1, 0.15) is 181 Å². The molecule has 0 bridgehead atoms. The van der Waals surface area contributed by atoms with Gasteiger partial charge in [-0.15, -0.1) is 0 Å². The van der Waals surface area contributed by atoms with Crippen molar-refractivity contribution in [3.8, 4) is 0 Å². The van der Waals surface area contributed by atoms with Crippen molar-refractivity contribution in [1.82, 2.24) is 19.6 Å². The van der Waals surface area contributed by atoms with Gasteiger partial charge in [0, 0.05) is 39.0 Å². The van der Waals surface area contributed by atoms with Crippen LogP contribution in [0.5, 0.6) is 0 Å². The molecular weight excluding hydrogens is 697 g/mol. The number of hydrogen-bond acceptors (Lipinski definition) is 8. The number of carbonyl (C=O) groups is 2. The molecule has 1 rings (SSSR count). The second kappa shape index (κ2) is 40.1. The number of hydrogen-bond donors (Lipinski definition) is 0. The molecule has 0 atom stereocenters. The van der Waals surface area contributed by atoms with E-state index in [0.717, 1.165) is 38.5 Å². The molecule has 8 nitrogen and oxygen atoms in total. The predicted octanol–water partition coefficient (Wildman–Crippen LogP) is 10.8. The van der Waals surface area contributed by atoms with Crippen molar-refractivity contribution in [2.45, 2.75) is 181 Å². The lowest BCUT2D eigenvalue weighted by Gasteiger charge is -2.35. The van der Waals surface area contributed by atoms with E-state index < -0.39 is 0 Å². The molecule has 0 aliphatic carbocycles. The van der Waals surface area contributed by atoms with E-state index in [4.69, 9.17) is 9.47 Å². The van der Waals surface area contributed by atoms with Crippen molar-refractivity contribution in [3.63, 3.8) is 0 Å². The van der Waals surface area contributed by atoms with Crippen LogP contribution in [0.4, 0.5) is 0 Å². The van der Waals surface area contributed by atoms with Crippen molar-refractivity contribution in [3.05, 3.63) is 24.3 Å². The topological polar surface area (TPSA) is 65.6 Å². The van der Waals surface area contributed by atoms with E-state index in [2.05, 4.69) is 59.7 Å². The van der Waals surface area contributed by atoms with E-state index in [1.807, 2.05) is 12.2 Å². The van der Waals surface area contributed by atoms with Gasteiger partial charge in [-0.2, -0.15) is 0 Å². The second-order valence-corrected chi connectivity index (χ2v) is 16.8. The summed E-state index contributed by atoms with van der Waals surface area (Å²) in [6.45, 7) is 17.4. The fraction of sp³-hybridized carbons (Fsp3) is 0.875. The Morgan fingerprint density at radius 2 is 0.839 bits per heavy atom. The Balaban J connectivity index is 2.23. The molecule has 0 aromatic heterocycles. The van der Waals surface area contributed by atoms with Gasteiger partial charge in [-0.25, -0.2) is 0 Å². The van der Waals surface area contributed by atoms with E-state index in [9.17, 15) is 9.59 Å². The second-order valence-electron chi connectivity index (χ2n) is 16.8. The molecule has 328 valence electrons. The summed E-state index contributed by atoms with van der Waals surface area (Å²) in [4.78, 5) is 34.5. The van der Waals surface area contributed by atoms with Gasteiger partial charge in [0.15, 0.2) is 0 Å². The van der Waals surface area contributed by atoms with Crippen LogP contribution in [0.25, 0.3) is 0 Å². The third-order valence-corrected chi connectivity index (χ3v) is 11.2. The zero-order chi connectivity index (χ0) is 40.6. The minimum absolute atomic E-state index is 0.0509. The summed E-state index contributed by atoms with van der Waals surface area (Å²) >= 11 is 0. The fourth-order valence-corrected chi connectivity index (χ4v) is 7.50. The normalized spacial score (nSPS) is 14.2. The van der Waals surface area contributed by atoms with E-state index in [1.54, 1.807) is 0 Å². The van der Waals surface area contributed by atoms with Gasteiger partial charge in [0.1, 0.15) is 13.2 Å². The van der Waals surface area contributed by atoms with Crippen molar-refractivity contribution in [2.24, 2.45) is 0 Å². The summed E-state index contributed by atoms with van der Waals surface area (Å²) in [5.74, 6) is -0.102. The van der Waals surface area contributed by atoms with Crippen LogP contribution in [0.3, 0.4) is 0 Å². The van der Waals surface area contributed by atoms with Gasteiger partial charge in [0.05, 0.1) is 0 Å². The molecule has 0 aromatic rings. The Kier molecular flexibility index (Phi) is 37.4. The number of nitrogens with zero attached hydrogens (tertiary/aromatic N) is 4. The molecule has 0 N–H and O–H groups in total. The van der Waals surface area contributed by atoms with Crippen LogP contribution >= 0.6 is 0 Å². The van der Waals surface area contributed by atoms with Gasteiger partial charge in [0.2, 0.25) is 0 Å². The van der Waals surface area contributed by atoms with Crippen LogP contribution in [-0.4, -0.2) is 124 Å². The minimum atomic E-state index is -0.0509. The Morgan fingerprint density at radius 3 is 1.27 bits per heavy atom. The minimum Gasteiger partial charge on any atom is -0.461 e. The molecule has 8 heteroatoms. The molecule has 0 unspecified atom stereocenters. The maximum atomic E-state index is 12.1. The van der Waals surface area contributed by atoms with Crippen molar-refractivity contribution >= 4 is 11.9 Å². The summed E-state index contributed by atoms with van der Waals surface area (Å²) in [5.41, 5.74) is 0. The Bertz CT molecular complexity index is 880. The van der Waals surface area contributed by atoms with Crippen molar-refractivity contribution < 1.29 is 19.1 Å². The average Bonchev–Trinajstić information content (AvgIpc) is 3.19. The summed E-state index contributed by atoms with van der Waals surface area (Å²) in [5, 5.41) is 0. The number of unbranched alkanes of at least 4 members (excludes halogenated alkanes) is 18. The SMILES string of the molecule is CCCCCC/C=C\COC(=O)CCCCCCCCN(CCCCCCCCC(=O)OC/C=C\CCCCCC)CCCN1CCN(CCCN(C)C)CC1. The standard InChI is InChI=1S/C48H92N4O4/c1-5-7-9-11-17-23-29-45-55-47(53)33-25-19-13-15-21-27-36-50(39-32-40-52-43-41-51(42-44-52)38-31-35-49(3)4)37-28-22-16-14-20-26-34-48(54)56-46-30-24-18-12-10-8-6-2/h23-24,29-30H,5-22,25-28,31-46H2,1-4H3/b29-23-,30-24-. The van der Waals surface area contributed by atoms with E-state index in [1.165, 1.54) is 181 Å². The zero-order valence-electron chi connectivity index (χ0n) is 37.6. The molecule has 56 heavy (non-hydrogen) atoms. The Morgan fingerprint density at radius 1 is 0.464 bits per heavy atom. The smallest absolute Gasteiger partial charge is 0.306 e. The number of allylic oxidation sites excluding steroid dienone is 2. The number of piperazine rings is 1. The van der Waals surface area contributed by atoms with Crippen molar-refractivity contribution in [1.29, 1.82) is 0 Å². The van der Waals surface area contributed by atoms with Gasteiger partial charge < -0.3 is 29.1 Å². The molecule has 0 saturated carbocycles. The van der Waals surface area contributed by atoms with E-state index in [0.29, 0.717) is 26.1 Å². The Hall–Kier alpha value is -1.74. The summed E-state index contributed by atoms with van der Waals surface area (Å²) in [6, 6.07) is 0. The van der Waals surface area contributed by atoms with E-state index >= 15 is 0 Å². The molecule has 1 aliphatic heterocycles. The van der Waals surface area contributed by atoms with E-state index in [-0.39, 0.29) is 11.9 Å². The number of esters is 2. The lowest BCUT2D eigenvalue weighted by molar-refractivity contribution is -0.143. The molecular formula is C48H92N4O4. The first-order valence-electron chi connectivity index (χ1n) is 23.9. The predicted molar refractivity (Wildman–Crippen MR) is 239 cm³/mol. The monoisotopic (exact) mass is 789 g/mol. The highest BCUT2D eigenvalue weighted by Crippen LogP contribution is 2.13. The molecule has 1 saturated heterocycles. The third-order valence-electron chi connectivity index (χ3n) is 11.2. The van der Waals surface area contributed by atoms with Gasteiger partial charge in [-0.1, -0.05) is 128 Å². The highest BCUT2D eigenvalue weighted by molar-refractivity contribution is 5.69. The maximum Gasteiger partial charge on any atom is 0.306 e. The highest BCUT2D eigenvalue weighted by Gasteiger charge is 2.16. The first-order chi connectivity index (χ1) is 27.4. The molecule has 0 spiro atoms. The molecule has 0 amide bonds. The van der Waals surface area contributed by atoms with Crippen LogP contribution in [0.2, 0.25) is 0 Å². The largest absolute Gasteiger partial charge is 0.461 e. The molecule has 0 radical (unpaired) electrons. The van der Waals surface area contributed by atoms with Crippen LogP contribution in [-0.2, 0) is 19.1 Å².